The summed E-state index contributed by atoms with van der Waals surface area (Å²) in [6, 6.07) is 9.59. The van der Waals surface area contributed by atoms with E-state index in [1.54, 1.807) is 36.4 Å². The van der Waals surface area contributed by atoms with E-state index in [-0.39, 0.29) is 5.91 Å². The van der Waals surface area contributed by atoms with E-state index in [9.17, 15) is 9.59 Å². The largest absolute Gasteiger partial charge is 0.326 e. The van der Waals surface area contributed by atoms with Crippen molar-refractivity contribution < 1.29 is 9.59 Å². The van der Waals surface area contributed by atoms with E-state index in [4.69, 9.17) is 11.6 Å². The molecule has 0 aliphatic carbocycles. The van der Waals surface area contributed by atoms with E-state index in [2.05, 4.69) is 20.9 Å². The highest BCUT2D eigenvalue weighted by Gasteiger charge is 2.04. The van der Waals surface area contributed by atoms with E-state index in [1.165, 1.54) is 13.1 Å². The average Bonchev–Trinajstić information content (AvgIpc) is 2.41. The highest BCUT2D eigenvalue weighted by Crippen LogP contribution is 2.15. The first kappa shape index (κ1) is 14.8. The Balaban J connectivity index is 1.99. The second-order valence-corrected chi connectivity index (χ2v) is 4.64. The molecule has 0 aliphatic rings. The van der Waals surface area contributed by atoms with Gasteiger partial charge in [-0.15, -0.1) is 0 Å². The van der Waals surface area contributed by atoms with Crippen LogP contribution in [0.1, 0.15) is 6.92 Å². The number of aromatic nitrogens is 1. The molecule has 0 aliphatic heterocycles. The van der Waals surface area contributed by atoms with Gasteiger partial charge in [-0.25, -0.2) is 9.78 Å². The molecule has 6 nitrogen and oxygen atoms in total. The number of amides is 3. The molecule has 0 fully saturated rings. The molecule has 0 unspecified atom stereocenters. The third kappa shape index (κ3) is 4.77. The molecular formula is C14H13ClN4O2. The van der Waals surface area contributed by atoms with Crippen molar-refractivity contribution in [3.05, 3.63) is 47.6 Å². The Morgan fingerprint density at radius 1 is 1.05 bits per heavy atom. The molecule has 108 valence electrons. The normalized spacial score (nSPS) is 9.81. The standard InChI is InChI=1S/C14H13ClN4O2/c1-9(20)17-11-3-2-4-12(7-11)18-14(21)19-13-6-5-10(15)8-16-13/h2-8H,1H3,(H,17,20)(H2,16,18,19,21). The molecule has 0 radical (unpaired) electrons. The van der Waals surface area contributed by atoms with Crippen LogP contribution in [0.4, 0.5) is 22.0 Å². The highest BCUT2D eigenvalue weighted by molar-refractivity contribution is 6.30. The van der Waals surface area contributed by atoms with Gasteiger partial charge in [-0.3, -0.25) is 10.1 Å². The first-order valence-corrected chi connectivity index (χ1v) is 6.48. The van der Waals surface area contributed by atoms with Gasteiger partial charge in [-0.1, -0.05) is 17.7 Å². The molecule has 2 aromatic rings. The number of benzene rings is 1. The molecule has 0 saturated heterocycles. The third-order valence-corrected chi connectivity index (χ3v) is 2.63. The smallest absolute Gasteiger partial charge is 0.324 e. The number of pyridine rings is 1. The van der Waals surface area contributed by atoms with Gasteiger partial charge in [0.25, 0.3) is 0 Å². The minimum absolute atomic E-state index is 0.179. The number of nitrogens with zero attached hydrogens (tertiary/aromatic N) is 1. The van der Waals surface area contributed by atoms with E-state index in [0.29, 0.717) is 22.2 Å². The molecule has 0 bridgehead atoms. The van der Waals surface area contributed by atoms with Gasteiger partial charge in [0.2, 0.25) is 5.91 Å². The number of halogens is 1. The van der Waals surface area contributed by atoms with Crippen LogP contribution in [0.5, 0.6) is 0 Å². The van der Waals surface area contributed by atoms with Gasteiger partial charge in [0.15, 0.2) is 0 Å². The fourth-order valence-corrected chi connectivity index (χ4v) is 1.72. The van der Waals surface area contributed by atoms with Crippen molar-refractivity contribution in [2.45, 2.75) is 6.92 Å². The van der Waals surface area contributed by atoms with Crippen LogP contribution in [0.25, 0.3) is 0 Å². The number of hydrogen-bond donors (Lipinski definition) is 3. The van der Waals surface area contributed by atoms with Crippen LogP contribution in [0.15, 0.2) is 42.6 Å². The Morgan fingerprint density at radius 2 is 1.76 bits per heavy atom. The summed E-state index contributed by atoms with van der Waals surface area (Å²) in [5.74, 6) is 0.205. The van der Waals surface area contributed by atoms with Crippen LogP contribution in [0, 0.1) is 0 Å². The van der Waals surface area contributed by atoms with E-state index in [0.717, 1.165) is 0 Å². The summed E-state index contributed by atoms with van der Waals surface area (Å²) in [5, 5.41) is 8.34. The Bertz CT molecular complexity index is 658. The van der Waals surface area contributed by atoms with E-state index < -0.39 is 6.03 Å². The van der Waals surface area contributed by atoms with Crippen molar-refractivity contribution >= 4 is 40.7 Å². The minimum Gasteiger partial charge on any atom is -0.326 e. The molecule has 1 heterocycles. The zero-order chi connectivity index (χ0) is 15.2. The maximum atomic E-state index is 11.8. The fraction of sp³-hybridized carbons (Fsp3) is 0.0714. The van der Waals surface area contributed by atoms with E-state index >= 15 is 0 Å². The molecule has 1 aromatic carbocycles. The lowest BCUT2D eigenvalue weighted by molar-refractivity contribution is -0.114. The molecule has 1 aromatic heterocycles. The Labute approximate surface area is 126 Å². The number of hydrogen-bond acceptors (Lipinski definition) is 3. The molecule has 21 heavy (non-hydrogen) atoms. The van der Waals surface area contributed by atoms with Gasteiger partial charge in [-0.2, -0.15) is 0 Å². The molecule has 3 N–H and O–H groups in total. The lowest BCUT2D eigenvalue weighted by Crippen LogP contribution is -2.20. The summed E-state index contributed by atoms with van der Waals surface area (Å²) in [6.45, 7) is 1.42. The number of carbonyl (C=O) groups is 2. The molecular weight excluding hydrogens is 292 g/mol. The number of anilines is 3. The van der Waals surface area contributed by atoms with Crippen LogP contribution >= 0.6 is 11.6 Å². The highest BCUT2D eigenvalue weighted by atomic mass is 35.5. The summed E-state index contributed by atoms with van der Waals surface area (Å²) in [6.07, 6.45) is 1.44. The van der Waals surface area contributed by atoms with Gasteiger partial charge in [0.1, 0.15) is 5.82 Å². The monoisotopic (exact) mass is 304 g/mol. The van der Waals surface area contributed by atoms with Gasteiger partial charge < -0.3 is 10.6 Å². The van der Waals surface area contributed by atoms with Crippen LogP contribution in [-0.2, 0) is 4.79 Å². The predicted molar refractivity (Wildman–Crippen MR) is 82.6 cm³/mol. The maximum Gasteiger partial charge on any atom is 0.324 e. The first-order chi connectivity index (χ1) is 10.0. The summed E-state index contributed by atoms with van der Waals surface area (Å²) < 4.78 is 0. The summed E-state index contributed by atoms with van der Waals surface area (Å²) in [4.78, 5) is 26.8. The molecule has 2 rings (SSSR count). The second-order valence-electron chi connectivity index (χ2n) is 4.20. The van der Waals surface area contributed by atoms with Crippen molar-refractivity contribution in [2.24, 2.45) is 0 Å². The Hall–Kier alpha value is -2.60. The molecule has 0 saturated carbocycles. The van der Waals surface area contributed by atoms with Crippen LogP contribution in [-0.4, -0.2) is 16.9 Å². The van der Waals surface area contributed by atoms with Crippen LogP contribution in [0.3, 0.4) is 0 Å². The van der Waals surface area contributed by atoms with Crippen LogP contribution in [0.2, 0.25) is 5.02 Å². The second kappa shape index (κ2) is 6.71. The lowest BCUT2D eigenvalue weighted by atomic mass is 10.3. The number of carbonyl (C=O) groups excluding carboxylic acids is 2. The average molecular weight is 305 g/mol. The quantitative estimate of drug-likeness (QED) is 0.813. The Kier molecular flexibility index (Phi) is 4.73. The topological polar surface area (TPSA) is 83.1 Å². The van der Waals surface area contributed by atoms with Crippen molar-refractivity contribution in [3.63, 3.8) is 0 Å². The third-order valence-electron chi connectivity index (χ3n) is 2.41. The number of rotatable bonds is 3. The van der Waals surface area contributed by atoms with Crippen molar-refractivity contribution in [3.8, 4) is 0 Å². The van der Waals surface area contributed by atoms with Crippen LogP contribution < -0.4 is 16.0 Å². The molecule has 3 amide bonds. The van der Waals surface area contributed by atoms with Gasteiger partial charge in [0.05, 0.1) is 5.02 Å². The van der Waals surface area contributed by atoms with Gasteiger partial charge >= 0.3 is 6.03 Å². The molecule has 0 atom stereocenters. The number of urea groups is 1. The zero-order valence-electron chi connectivity index (χ0n) is 11.2. The number of nitrogens with one attached hydrogen (secondary N) is 3. The predicted octanol–water partition coefficient (Wildman–Crippen LogP) is 3.34. The molecule has 7 heteroatoms. The van der Waals surface area contributed by atoms with Gasteiger partial charge in [-0.05, 0) is 30.3 Å². The zero-order valence-corrected chi connectivity index (χ0v) is 11.9. The Morgan fingerprint density at radius 3 is 2.38 bits per heavy atom. The van der Waals surface area contributed by atoms with Crippen molar-refractivity contribution in [1.29, 1.82) is 0 Å². The summed E-state index contributed by atoms with van der Waals surface area (Å²) >= 11 is 5.71. The lowest BCUT2D eigenvalue weighted by Gasteiger charge is -2.08. The summed E-state index contributed by atoms with van der Waals surface area (Å²) in [5.41, 5.74) is 1.15. The minimum atomic E-state index is -0.440. The van der Waals surface area contributed by atoms with Crippen molar-refractivity contribution in [2.75, 3.05) is 16.0 Å². The maximum absolute atomic E-state index is 11.8. The van der Waals surface area contributed by atoms with E-state index in [1.807, 2.05) is 0 Å². The summed E-state index contributed by atoms with van der Waals surface area (Å²) in [7, 11) is 0. The fourth-order valence-electron chi connectivity index (χ4n) is 1.61. The van der Waals surface area contributed by atoms with Gasteiger partial charge in [0, 0.05) is 24.5 Å². The first-order valence-electron chi connectivity index (χ1n) is 6.10. The van der Waals surface area contributed by atoms with Crippen molar-refractivity contribution in [1.82, 2.24) is 4.98 Å². The SMILES string of the molecule is CC(=O)Nc1cccc(NC(=O)Nc2ccc(Cl)cn2)c1. The molecule has 0 spiro atoms.